The van der Waals surface area contributed by atoms with E-state index in [4.69, 9.17) is 0 Å². The van der Waals surface area contributed by atoms with Crippen LogP contribution in [0.1, 0.15) is 26.3 Å². The molecule has 0 bridgehead atoms. The number of imide groups is 1. The Balaban J connectivity index is 1.82. The minimum absolute atomic E-state index is 0.103. The molecular weight excluding hydrogens is 268 g/mol. The van der Waals surface area contributed by atoms with Crippen LogP contribution in [-0.2, 0) is 13.5 Å². The predicted molar refractivity (Wildman–Crippen MR) is 77.2 cm³/mol. The summed E-state index contributed by atoms with van der Waals surface area (Å²) in [5.41, 5.74) is 1.36. The molecule has 0 N–H and O–H groups in total. The Morgan fingerprint density at radius 3 is 2.14 bits per heavy atom. The van der Waals surface area contributed by atoms with E-state index in [2.05, 4.69) is 0 Å². The minimum atomic E-state index is -0.289. The first-order valence-corrected chi connectivity index (χ1v) is 6.69. The minimum Gasteiger partial charge on any atom is -0.318 e. The van der Waals surface area contributed by atoms with Gasteiger partial charge in [0.25, 0.3) is 17.4 Å². The lowest BCUT2D eigenvalue weighted by atomic mass is 10.1. The SMILES string of the molecule is Cn1cccc(CCN2C(=O)c3ccccc3C2=O)c1=O. The van der Waals surface area contributed by atoms with Crippen molar-refractivity contribution in [1.29, 1.82) is 0 Å². The summed E-state index contributed by atoms with van der Waals surface area (Å²) in [6.45, 7) is 0.214. The van der Waals surface area contributed by atoms with Crippen molar-refractivity contribution in [3.8, 4) is 0 Å². The van der Waals surface area contributed by atoms with E-state index in [1.165, 1.54) is 9.47 Å². The number of amides is 2. The Labute approximate surface area is 121 Å². The van der Waals surface area contributed by atoms with Crippen LogP contribution < -0.4 is 5.56 Å². The summed E-state index contributed by atoms with van der Waals surface area (Å²) in [6, 6.07) is 10.3. The van der Waals surface area contributed by atoms with Crippen molar-refractivity contribution in [3.05, 3.63) is 69.6 Å². The highest BCUT2D eigenvalue weighted by molar-refractivity contribution is 6.21. The lowest BCUT2D eigenvalue weighted by molar-refractivity contribution is 0.0656. The van der Waals surface area contributed by atoms with Gasteiger partial charge < -0.3 is 4.57 Å². The van der Waals surface area contributed by atoms with Crippen LogP contribution in [0, 0.1) is 0 Å². The van der Waals surface area contributed by atoms with Gasteiger partial charge in [-0.15, -0.1) is 0 Å². The molecule has 1 aliphatic heterocycles. The third kappa shape index (κ3) is 2.16. The normalized spacial score (nSPS) is 13.7. The molecule has 5 heteroatoms. The van der Waals surface area contributed by atoms with Crippen LogP contribution in [0.15, 0.2) is 47.4 Å². The second kappa shape index (κ2) is 5.01. The van der Waals surface area contributed by atoms with E-state index in [1.54, 1.807) is 49.6 Å². The van der Waals surface area contributed by atoms with Crippen molar-refractivity contribution in [2.24, 2.45) is 7.05 Å². The average Bonchev–Trinajstić information content (AvgIpc) is 2.73. The van der Waals surface area contributed by atoms with E-state index in [-0.39, 0.29) is 23.9 Å². The molecule has 1 aliphatic rings. The van der Waals surface area contributed by atoms with Crippen molar-refractivity contribution in [2.75, 3.05) is 6.54 Å². The maximum Gasteiger partial charge on any atom is 0.261 e. The van der Waals surface area contributed by atoms with Gasteiger partial charge in [-0.3, -0.25) is 19.3 Å². The molecule has 0 spiro atoms. The van der Waals surface area contributed by atoms with Gasteiger partial charge in [0.05, 0.1) is 11.1 Å². The molecule has 2 heterocycles. The van der Waals surface area contributed by atoms with E-state index in [0.29, 0.717) is 23.1 Å². The molecule has 1 aromatic heterocycles. The van der Waals surface area contributed by atoms with E-state index >= 15 is 0 Å². The Bertz CT molecular complexity index is 757. The molecule has 2 aromatic rings. The molecule has 0 unspecified atom stereocenters. The molecule has 5 nitrogen and oxygen atoms in total. The first-order chi connectivity index (χ1) is 10.1. The van der Waals surface area contributed by atoms with E-state index < -0.39 is 0 Å². The third-order valence-electron chi connectivity index (χ3n) is 3.69. The van der Waals surface area contributed by atoms with Gasteiger partial charge in [0.2, 0.25) is 0 Å². The quantitative estimate of drug-likeness (QED) is 0.795. The van der Waals surface area contributed by atoms with Gasteiger partial charge in [-0.2, -0.15) is 0 Å². The predicted octanol–water partition coefficient (Wildman–Crippen LogP) is 1.22. The lowest BCUT2D eigenvalue weighted by Gasteiger charge is -2.13. The standard InChI is InChI=1S/C16H14N2O3/c1-17-9-4-5-11(14(17)19)8-10-18-15(20)12-6-2-3-7-13(12)16(18)21/h2-7,9H,8,10H2,1H3. The van der Waals surface area contributed by atoms with Crippen molar-refractivity contribution in [3.63, 3.8) is 0 Å². The highest BCUT2D eigenvalue weighted by Gasteiger charge is 2.34. The Morgan fingerprint density at radius 1 is 0.905 bits per heavy atom. The summed E-state index contributed by atoms with van der Waals surface area (Å²) >= 11 is 0. The van der Waals surface area contributed by atoms with E-state index in [9.17, 15) is 14.4 Å². The lowest BCUT2D eigenvalue weighted by Crippen LogP contribution is -2.33. The second-order valence-electron chi connectivity index (χ2n) is 5.01. The Kier molecular flexibility index (Phi) is 3.17. The van der Waals surface area contributed by atoms with Gasteiger partial charge in [-0.1, -0.05) is 18.2 Å². The molecule has 0 atom stereocenters. The van der Waals surface area contributed by atoms with Crippen LogP contribution in [0.4, 0.5) is 0 Å². The molecule has 0 saturated heterocycles. The molecule has 106 valence electrons. The van der Waals surface area contributed by atoms with Crippen LogP contribution in [0.25, 0.3) is 0 Å². The van der Waals surface area contributed by atoms with Gasteiger partial charge in [0.1, 0.15) is 0 Å². The Morgan fingerprint density at radius 2 is 1.52 bits per heavy atom. The molecular formula is C16H14N2O3. The van der Waals surface area contributed by atoms with Gasteiger partial charge in [-0.25, -0.2) is 0 Å². The molecule has 3 rings (SSSR count). The highest BCUT2D eigenvalue weighted by atomic mass is 16.2. The summed E-state index contributed by atoms with van der Waals surface area (Å²) in [7, 11) is 1.67. The number of nitrogens with zero attached hydrogens (tertiary/aromatic N) is 2. The molecule has 0 saturated carbocycles. The molecule has 1 aromatic carbocycles. The number of aromatic nitrogens is 1. The maximum absolute atomic E-state index is 12.2. The first kappa shape index (κ1) is 13.3. The smallest absolute Gasteiger partial charge is 0.261 e. The monoisotopic (exact) mass is 282 g/mol. The number of hydrogen-bond donors (Lipinski definition) is 0. The summed E-state index contributed by atoms with van der Waals surface area (Å²) in [6.07, 6.45) is 2.03. The zero-order chi connectivity index (χ0) is 15.0. The van der Waals surface area contributed by atoms with Gasteiger partial charge in [0.15, 0.2) is 0 Å². The van der Waals surface area contributed by atoms with Crippen molar-refractivity contribution in [1.82, 2.24) is 9.47 Å². The number of carbonyl (C=O) groups excluding carboxylic acids is 2. The summed E-state index contributed by atoms with van der Waals surface area (Å²) in [5.74, 6) is -0.577. The van der Waals surface area contributed by atoms with Crippen molar-refractivity contribution in [2.45, 2.75) is 6.42 Å². The number of carbonyl (C=O) groups is 2. The molecule has 21 heavy (non-hydrogen) atoms. The molecule has 0 radical (unpaired) electrons. The number of fused-ring (bicyclic) bond motifs is 1. The van der Waals surface area contributed by atoms with E-state index in [1.807, 2.05) is 0 Å². The number of hydrogen-bond acceptors (Lipinski definition) is 3. The van der Waals surface area contributed by atoms with Gasteiger partial charge in [-0.05, 0) is 24.6 Å². The van der Waals surface area contributed by atoms with E-state index in [0.717, 1.165) is 0 Å². The maximum atomic E-state index is 12.2. The van der Waals surface area contributed by atoms with Gasteiger partial charge in [0, 0.05) is 25.4 Å². The van der Waals surface area contributed by atoms with Crippen molar-refractivity contribution >= 4 is 11.8 Å². The van der Waals surface area contributed by atoms with Crippen molar-refractivity contribution < 1.29 is 9.59 Å². The topological polar surface area (TPSA) is 59.4 Å². The van der Waals surface area contributed by atoms with Crippen LogP contribution >= 0.6 is 0 Å². The van der Waals surface area contributed by atoms with Crippen LogP contribution in [0.3, 0.4) is 0 Å². The van der Waals surface area contributed by atoms with Crippen LogP contribution in [0.5, 0.6) is 0 Å². The summed E-state index contributed by atoms with van der Waals surface area (Å²) in [5, 5.41) is 0. The van der Waals surface area contributed by atoms with Gasteiger partial charge >= 0.3 is 0 Å². The highest BCUT2D eigenvalue weighted by Crippen LogP contribution is 2.22. The largest absolute Gasteiger partial charge is 0.318 e. The van der Waals surface area contributed by atoms with Crippen LogP contribution in [-0.4, -0.2) is 27.8 Å². The number of pyridine rings is 1. The number of rotatable bonds is 3. The van der Waals surface area contributed by atoms with Crippen LogP contribution in [0.2, 0.25) is 0 Å². The fraction of sp³-hybridized carbons (Fsp3) is 0.188. The molecule has 2 amide bonds. The summed E-state index contributed by atoms with van der Waals surface area (Å²) < 4.78 is 1.48. The fourth-order valence-electron chi connectivity index (χ4n) is 2.52. The first-order valence-electron chi connectivity index (χ1n) is 6.69. The molecule has 0 fully saturated rings. The zero-order valence-electron chi connectivity index (χ0n) is 11.6. The second-order valence-corrected chi connectivity index (χ2v) is 5.01. The number of benzene rings is 1. The molecule has 0 aliphatic carbocycles. The number of aryl methyl sites for hydroxylation is 1. The third-order valence-corrected chi connectivity index (χ3v) is 3.69. The Hall–Kier alpha value is -2.69. The average molecular weight is 282 g/mol. The summed E-state index contributed by atoms with van der Waals surface area (Å²) in [4.78, 5) is 37.5. The fourth-order valence-corrected chi connectivity index (χ4v) is 2.52. The zero-order valence-corrected chi connectivity index (χ0v) is 11.6.